The monoisotopic (exact) mass is 436 g/mol. The zero-order valence-corrected chi connectivity index (χ0v) is 18.8. The highest BCUT2D eigenvalue weighted by atomic mass is 16.4. The van der Waals surface area contributed by atoms with Crippen molar-refractivity contribution in [2.75, 3.05) is 0 Å². The van der Waals surface area contributed by atoms with Crippen molar-refractivity contribution >= 4 is 24.4 Å². The molecule has 0 bridgehead atoms. The van der Waals surface area contributed by atoms with Gasteiger partial charge in [0.1, 0.15) is 6.04 Å². The molecule has 0 aliphatic heterocycles. The predicted molar refractivity (Wildman–Crippen MR) is 126 cm³/mol. The number of hydrogen-bond acceptors (Lipinski definition) is 4. The molecule has 0 aromatic heterocycles. The smallest absolute Gasteiger partial charge is 0.423 e. The second-order valence-corrected chi connectivity index (χ2v) is 9.20. The second-order valence-electron chi connectivity index (χ2n) is 9.20. The summed E-state index contributed by atoms with van der Waals surface area (Å²) in [6.45, 7) is 4.66. The highest BCUT2D eigenvalue weighted by Crippen LogP contribution is 2.33. The van der Waals surface area contributed by atoms with E-state index in [0.29, 0.717) is 30.3 Å². The van der Waals surface area contributed by atoms with Crippen molar-refractivity contribution in [3.8, 4) is 0 Å². The lowest BCUT2D eigenvalue weighted by atomic mass is 9.76. The van der Waals surface area contributed by atoms with Crippen molar-refractivity contribution in [1.82, 2.24) is 10.6 Å². The first kappa shape index (κ1) is 24.0. The fourth-order valence-corrected chi connectivity index (χ4v) is 4.63. The third-order valence-electron chi connectivity index (χ3n) is 6.21. The number of nitrogens with one attached hydrogen (secondary N) is 2. The number of carbonyl (C=O) groups excluding carboxylic acids is 2. The Morgan fingerprint density at radius 3 is 2.16 bits per heavy atom. The van der Waals surface area contributed by atoms with Gasteiger partial charge < -0.3 is 20.7 Å². The summed E-state index contributed by atoms with van der Waals surface area (Å²) in [4.78, 5) is 26.1. The maximum absolute atomic E-state index is 13.0. The van der Waals surface area contributed by atoms with E-state index in [2.05, 4.69) is 24.5 Å². The number of hydrogen-bond donors (Lipinski definition) is 4. The van der Waals surface area contributed by atoms with Crippen molar-refractivity contribution in [2.45, 2.75) is 52.1 Å². The summed E-state index contributed by atoms with van der Waals surface area (Å²) in [6, 6.07) is 15.7. The average Bonchev–Trinajstić information content (AvgIpc) is 2.77. The molecule has 2 aromatic carbocycles. The number of benzene rings is 2. The van der Waals surface area contributed by atoms with Crippen LogP contribution in [0.5, 0.6) is 0 Å². The fourth-order valence-electron chi connectivity index (χ4n) is 4.63. The first-order chi connectivity index (χ1) is 15.3. The van der Waals surface area contributed by atoms with Gasteiger partial charge in [0.25, 0.3) is 0 Å². The molecule has 1 saturated carbocycles. The number of amides is 2. The molecule has 0 radical (unpaired) electrons. The molecule has 0 saturated heterocycles. The summed E-state index contributed by atoms with van der Waals surface area (Å²) in [5.41, 5.74) is 2.22. The first-order valence-corrected chi connectivity index (χ1v) is 11.4. The van der Waals surface area contributed by atoms with E-state index >= 15 is 0 Å². The van der Waals surface area contributed by atoms with Crippen LogP contribution in [-0.4, -0.2) is 35.0 Å². The minimum Gasteiger partial charge on any atom is -0.423 e. The first-order valence-electron chi connectivity index (χ1n) is 11.4. The Morgan fingerprint density at radius 1 is 0.938 bits per heavy atom. The molecule has 4 atom stereocenters. The number of rotatable bonds is 8. The average molecular weight is 436 g/mol. The van der Waals surface area contributed by atoms with Crippen LogP contribution in [0.15, 0.2) is 54.6 Å². The molecule has 1 unspecified atom stereocenters. The largest absolute Gasteiger partial charge is 0.488 e. The van der Waals surface area contributed by atoms with Gasteiger partial charge in [-0.2, -0.15) is 0 Å². The van der Waals surface area contributed by atoms with Crippen molar-refractivity contribution in [3.05, 3.63) is 65.7 Å². The van der Waals surface area contributed by atoms with Gasteiger partial charge in [-0.3, -0.25) is 9.59 Å². The molecule has 2 amide bonds. The quantitative estimate of drug-likeness (QED) is 0.474. The van der Waals surface area contributed by atoms with E-state index in [0.717, 1.165) is 30.4 Å². The van der Waals surface area contributed by atoms with E-state index in [4.69, 9.17) is 0 Å². The van der Waals surface area contributed by atoms with Gasteiger partial charge in [-0.1, -0.05) is 68.4 Å². The Labute approximate surface area is 190 Å². The van der Waals surface area contributed by atoms with E-state index in [1.54, 1.807) is 24.3 Å². The van der Waals surface area contributed by atoms with E-state index in [9.17, 15) is 19.6 Å². The van der Waals surface area contributed by atoms with Crippen LogP contribution >= 0.6 is 0 Å². The molecular formula is C25H33BN2O4. The van der Waals surface area contributed by atoms with Gasteiger partial charge in [-0.15, -0.1) is 0 Å². The van der Waals surface area contributed by atoms with Crippen molar-refractivity contribution in [1.29, 1.82) is 0 Å². The minimum atomic E-state index is -1.52. The third kappa shape index (κ3) is 6.94. The lowest BCUT2D eigenvalue weighted by Gasteiger charge is -2.31. The summed E-state index contributed by atoms with van der Waals surface area (Å²) in [5, 5.41) is 24.4. The molecule has 7 heteroatoms. The van der Waals surface area contributed by atoms with E-state index in [1.165, 1.54) is 0 Å². The van der Waals surface area contributed by atoms with Crippen LogP contribution in [0.1, 0.15) is 44.2 Å². The van der Waals surface area contributed by atoms with Crippen LogP contribution in [0, 0.1) is 17.8 Å². The van der Waals surface area contributed by atoms with Crippen molar-refractivity contribution in [2.24, 2.45) is 17.8 Å². The highest BCUT2D eigenvalue weighted by Gasteiger charge is 2.31. The van der Waals surface area contributed by atoms with Crippen LogP contribution in [0.25, 0.3) is 0 Å². The molecule has 1 aliphatic carbocycles. The normalized spacial score (nSPS) is 21.4. The molecule has 6 nitrogen and oxygen atoms in total. The lowest BCUT2D eigenvalue weighted by molar-refractivity contribution is -0.132. The molecule has 0 spiro atoms. The van der Waals surface area contributed by atoms with Crippen molar-refractivity contribution in [3.63, 3.8) is 0 Å². The molecule has 2 aromatic rings. The van der Waals surface area contributed by atoms with Gasteiger partial charge in [0.2, 0.25) is 11.8 Å². The molecule has 0 heterocycles. The van der Waals surface area contributed by atoms with Gasteiger partial charge >= 0.3 is 7.12 Å². The highest BCUT2D eigenvalue weighted by molar-refractivity contribution is 6.58. The molecule has 1 fully saturated rings. The van der Waals surface area contributed by atoms with Crippen molar-refractivity contribution < 1.29 is 19.6 Å². The Morgan fingerprint density at radius 2 is 1.56 bits per heavy atom. The summed E-state index contributed by atoms with van der Waals surface area (Å²) >= 11 is 0. The van der Waals surface area contributed by atoms with E-state index in [-0.39, 0.29) is 17.7 Å². The minimum absolute atomic E-state index is 0.0410. The Balaban J connectivity index is 1.66. The lowest BCUT2D eigenvalue weighted by Crippen LogP contribution is -2.50. The third-order valence-corrected chi connectivity index (χ3v) is 6.21. The molecule has 4 N–H and O–H groups in total. The van der Waals surface area contributed by atoms with Crippen LogP contribution in [0.3, 0.4) is 0 Å². The summed E-state index contributed by atoms with van der Waals surface area (Å²) in [7, 11) is -1.52. The molecule has 3 rings (SSSR count). The van der Waals surface area contributed by atoms with Crippen LogP contribution in [0.2, 0.25) is 0 Å². The zero-order chi connectivity index (χ0) is 23.1. The molecular weight excluding hydrogens is 403 g/mol. The zero-order valence-electron chi connectivity index (χ0n) is 18.8. The Bertz CT molecular complexity index is 879. The van der Waals surface area contributed by atoms with Gasteiger partial charge in [0, 0.05) is 18.9 Å². The topological polar surface area (TPSA) is 98.7 Å². The molecule has 1 aliphatic rings. The molecule has 170 valence electrons. The summed E-state index contributed by atoms with van der Waals surface area (Å²) in [5.74, 6) is 0.691. The van der Waals surface area contributed by atoms with Gasteiger partial charge in [-0.25, -0.2) is 0 Å². The van der Waals surface area contributed by atoms with E-state index in [1.807, 2.05) is 30.3 Å². The summed E-state index contributed by atoms with van der Waals surface area (Å²) < 4.78 is 0. The standard InChI is InChI=1S/C25H33BN2O4/c1-17-12-18(2)14-21(13-17)24(29)28-23(15-19-6-4-3-5-7-19)25(30)27-16-20-8-10-22(11-9-20)26(31)32/h3-11,17-18,21,23,31-32H,12-16H2,1-2H3,(H,27,30)(H,28,29)/t17-,18+,21?,23-/m0/s1. The van der Waals surface area contributed by atoms with E-state index < -0.39 is 13.2 Å². The van der Waals surface area contributed by atoms with Gasteiger partial charge in [-0.05, 0) is 47.7 Å². The maximum Gasteiger partial charge on any atom is 0.488 e. The predicted octanol–water partition coefficient (Wildman–Crippen LogP) is 1.78. The second kappa shape index (κ2) is 11.3. The SMILES string of the molecule is C[C@@H]1CC(C(=O)N[C@@H](Cc2ccccc2)C(=O)NCc2ccc(B(O)O)cc2)C[C@H](C)C1. The van der Waals surface area contributed by atoms with Crippen LogP contribution in [-0.2, 0) is 22.6 Å². The fraction of sp³-hybridized carbons (Fsp3) is 0.440. The van der Waals surface area contributed by atoms with Crippen LogP contribution in [0.4, 0.5) is 0 Å². The summed E-state index contributed by atoms with van der Waals surface area (Å²) in [6.07, 6.45) is 3.29. The maximum atomic E-state index is 13.0. The Hall–Kier alpha value is -2.64. The van der Waals surface area contributed by atoms with Gasteiger partial charge in [0.05, 0.1) is 0 Å². The Kier molecular flexibility index (Phi) is 8.48. The van der Waals surface area contributed by atoms with Crippen LogP contribution < -0.4 is 16.1 Å². The molecule has 32 heavy (non-hydrogen) atoms. The van der Waals surface area contributed by atoms with Gasteiger partial charge in [0.15, 0.2) is 0 Å². The number of carbonyl (C=O) groups is 2.